The zero-order valence-electron chi connectivity index (χ0n) is 24.9. The van der Waals surface area contributed by atoms with Crippen LogP contribution in [0.1, 0.15) is 80.5 Å². The monoisotopic (exact) mass is 594 g/mol. The lowest BCUT2D eigenvalue weighted by atomic mass is 9.84. The molecule has 0 amide bonds. The quantitative estimate of drug-likeness (QED) is 0.106. The molecule has 0 aromatic heterocycles. The first-order valence-corrected chi connectivity index (χ1v) is 18.7. The average molecular weight is 595 g/mol. The summed E-state index contributed by atoms with van der Waals surface area (Å²) in [4.78, 5) is 0. The summed E-state index contributed by atoms with van der Waals surface area (Å²) in [5.41, 5.74) is 4.97. The molecule has 1 aliphatic rings. The normalized spacial score (nSPS) is 18.1. The fourth-order valence-electron chi connectivity index (χ4n) is 5.48. The van der Waals surface area contributed by atoms with Gasteiger partial charge in [0.05, 0.1) is 12.3 Å². The van der Waals surface area contributed by atoms with E-state index >= 15 is 0 Å². The topological polar surface area (TPSA) is 61.8 Å². The molecule has 3 aromatic carbocycles. The summed E-state index contributed by atoms with van der Waals surface area (Å²) in [5.74, 6) is 1.07. The highest BCUT2D eigenvalue weighted by atomic mass is 31.2. The van der Waals surface area contributed by atoms with Gasteiger partial charge in [-0.25, -0.2) is 4.57 Å². The van der Waals surface area contributed by atoms with E-state index in [1.165, 1.54) is 12.7 Å². The van der Waals surface area contributed by atoms with E-state index < -0.39 is 15.0 Å². The van der Waals surface area contributed by atoms with Crippen LogP contribution < -0.4 is 9.05 Å². The Morgan fingerprint density at radius 3 is 2.02 bits per heavy atom. The Hall–Kier alpha value is -2.58. The van der Waals surface area contributed by atoms with Crippen molar-refractivity contribution in [2.45, 2.75) is 77.0 Å². The Labute approximate surface area is 246 Å². The van der Waals surface area contributed by atoms with Gasteiger partial charge in [-0.3, -0.25) is 4.57 Å². The lowest BCUT2D eigenvalue weighted by Gasteiger charge is -2.28. The van der Waals surface area contributed by atoms with Crippen molar-refractivity contribution in [1.29, 1.82) is 0 Å². The largest absolute Gasteiger partial charge is 0.442 e. The number of hydrogen-bond acceptors (Lipinski definition) is 5. The maximum atomic E-state index is 14.1. The second-order valence-corrected chi connectivity index (χ2v) is 15.9. The number of rotatable bonds is 14. The summed E-state index contributed by atoms with van der Waals surface area (Å²) >= 11 is 0. The van der Waals surface area contributed by atoms with E-state index in [4.69, 9.17) is 13.6 Å². The molecule has 4 rings (SSSR count). The minimum Gasteiger partial charge on any atom is -0.442 e. The Bertz CT molecular complexity index is 1400. The van der Waals surface area contributed by atoms with E-state index in [9.17, 15) is 9.13 Å². The van der Waals surface area contributed by atoms with Crippen molar-refractivity contribution in [3.8, 4) is 11.5 Å². The van der Waals surface area contributed by atoms with Gasteiger partial charge in [-0.15, -0.1) is 0 Å². The van der Waals surface area contributed by atoms with Crippen molar-refractivity contribution >= 4 is 15.0 Å². The fourth-order valence-corrected chi connectivity index (χ4v) is 8.36. The second kappa shape index (κ2) is 14.5. The van der Waals surface area contributed by atoms with Crippen LogP contribution in [0.15, 0.2) is 84.4 Å². The zero-order chi connectivity index (χ0) is 29.3. The molecule has 0 fully saturated rings. The minimum absolute atomic E-state index is 0.00259. The van der Waals surface area contributed by atoms with Gasteiger partial charge in [0.2, 0.25) is 7.37 Å². The van der Waals surface area contributed by atoms with Gasteiger partial charge in [-0.1, -0.05) is 92.1 Å². The van der Waals surface area contributed by atoms with E-state index in [-0.39, 0.29) is 12.1 Å². The SMILES string of the molecule is CCCCCc1cc(OP(C)(=O)Cc2ccccc2)c(C2C=C(C)CCC2)c(OP(=O)(Cc2ccccc2)OC)c1. The molecule has 3 aromatic rings. The summed E-state index contributed by atoms with van der Waals surface area (Å²) < 4.78 is 46.5. The van der Waals surface area contributed by atoms with Gasteiger partial charge in [-0.05, 0) is 67.9 Å². The van der Waals surface area contributed by atoms with Crippen molar-refractivity contribution in [2.24, 2.45) is 0 Å². The molecule has 0 bridgehead atoms. The van der Waals surface area contributed by atoms with Crippen LogP contribution in [0.25, 0.3) is 0 Å². The lowest BCUT2D eigenvalue weighted by Crippen LogP contribution is -2.10. The van der Waals surface area contributed by atoms with Crippen molar-refractivity contribution in [1.82, 2.24) is 0 Å². The molecule has 0 radical (unpaired) electrons. The molecule has 7 heteroatoms. The predicted molar refractivity (Wildman–Crippen MR) is 170 cm³/mol. The molecule has 0 N–H and O–H groups in total. The van der Waals surface area contributed by atoms with Crippen molar-refractivity contribution in [3.05, 3.63) is 107 Å². The molecular formula is C34H44O5P2. The third-order valence-electron chi connectivity index (χ3n) is 7.51. The molecule has 0 saturated heterocycles. The van der Waals surface area contributed by atoms with E-state index in [0.717, 1.165) is 67.2 Å². The number of aryl methyl sites for hydroxylation is 1. The molecular weight excluding hydrogens is 550 g/mol. The van der Waals surface area contributed by atoms with Crippen LogP contribution in [-0.4, -0.2) is 13.8 Å². The highest BCUT2D eigenvalue weighted by Gasteiger charge is 2.32. The van der Waals surface area contributed by atoms with Crippen molar-refractivity contribution < 1.29 is 22.7 Å². The zero-order valence-corrected chi connectivity index (χ0v) is 26.7. The first-order chi connectivity index (χ1) is 19.7. The van der Waals surface area contributed by atoms with E-state index in [2.05, 4.69) is 19.9 Å². The van der Waals surface area contributed by atoms with E-state index in [1.54, 1.807) is 6.66 Å². The lowest BCUT2D eigenvalue weighted by molar-refractivity contribution is 0.318. The van der Waals surface area contributed by atoms with Crippen LogP contribution in [0.4, 0.5) is 0 Å². The number of hydrogen-bond donors (Lipinski definition) is 0. The fraction of sp³-hybridized carbons (Fsp3) is 0.412. The predicted octanol–water partition coefficient (Wildman–Crippen LogP) is 10.5. The van der Waals surface area contributed by atoms with Gasteiger partial charge in [0.1, 0.15) is 11.5 Å². The van der Waals surface area contributed by atoms with Crippen LogP contribution in [-0.2, 0) is 32.4 Å². The number of allylic oxidation sites excluding steroid dienone is 2. The molecule has 5 nitrogen and oxygen atoms in total. The van der Waals surface area contributed by atoms with E-state index in [0.29, 0.717) is 17.7 Å². The first kappa shape index (κ1) is 31.4. The van der Waals surface area contributed by atoms with Gasteiger partial charge >= 0.3 is 7.60 Å². The maximum Gasteiger partial charge on any atom is 0.383 e. The first-order valence-electron chi connectivity index (χ1n) is 14.7. The van der Waals surface area contributed by atoms with Crippen LogP contribution in [0.3, 0.4) is 0 Å². The van der Waals surface area contributed by atoms with Crippen molar-refractivity contribution in [2.75, 3.05) is 13.8 Å². The Morgan fingerprint density at radius 1 is 0.829 bits per heavy atom. The summed E-state index contributed by atoms with van der Waals surface area (Å²) in [6.45, 7) is 6.02. The molecule has 0 saturated carbocycles. The third-order valence-corrected chi connectivity index (χ3v) is 10.8. The molecule has 3 unspecified atom stereocenters. The molecule has 1 aliphatic carbocycles. The average Bonchev–Trinajstić information content (AvgIpc) is 2.94. The summed E-state index contributed by atoms with van der Waals surface area (Å²) in [6, 6.07) is 23.5. The highest BCUT2D eigenvalue weighted by Crippen LogP contribution is 2.56. The van der Waals surface area contributed by atoms with Crippen molar-refractivity contribution in [3.63, 3.8) is 0 Å². The summed E-state index contributed by atoms with van der Waals surface area (Å²) in [7, 11) is -5.21. The Morgan fingerprint density at radius 2 is 1.44 bits per heavy atom. The second-order valence-electron chi connectivity index (χ2n) is 11.3. The third kappa shape index (κ3) is 9.20. The maximum absolute atomic E-state index is 14.1. The molecule has 220 valence electrons. The van der Waals surface area contributed by atoms with E-state index in [1.807, 2.05) is 72.8 Å². The Kier molecular flexibility index (Phi) is 11.1. The molecule has 3 atom stereocenters. The smallest absolute Gasteiger partial charge is 0.383 e. The molecule has 41 heavy (non-hydrogen) atoms. The number of benzene rings is 3. The van der Waals surface area contributed by atoms with Gasteiger partial charge in [0.15, 0.2) is 0 Å². The highest BCUT2D eigenvalue weighted by molar-refractivity contribution is 7.57. The van der Waals surface area contributed by atoms with Gasteiger partial charge in [0.25, 0.3) is 0 Å². The summed E-state index contributed by atoms with van der Waals surface area (Å²) in [6.07, 6.45) is 9.75. The van der Waals surface area contributed by atoms with Crippen LogP contribution in [0.5, 0.6) is 11.5 Å². The molecule has 0 heterocycles. The van der Waals surface area contributed by atoms with Crippen LogP contribution >= 0.6 is 15.0 Å². The van der Waals surface area contributed by atoms with Gasteiger partial charge in [0, 0.05) is 25.3 Å². The molecule has 0 spiro atoms. The molecule has 0 aliphatic heterocycles. The Balaban J connectivity index is 1.80. The summed E-state index contributed by atoms with van der Waals surface area (Å²) in [5, 5.41) is 0. The van der Waals surface area contributed by atoms with Gasteiger partial charge in [-0.2, -0.15) is 0 Å². The minimum atomic E-state index is -3.56. The van der Waals surface area contributed by atoms with Crippen LogP contribution in [0.2, 0.25) is 0 Å². The van der Waals surface area contributed by atoms with Crippen LogP contribution in [0, 0.1) is 0 Å². The number of unbranched alkanes of at least 4 members (excludes halogenated alkanes) is 2. The van der Waals surface area contributed by atoms with Gasteiger partial charge < -0.3 is 13.6 Å². The standard InChI is InChI=1S/C34H44O5P2/c1-5-6-9-20-30-23-32(38-40(4,35)25-28-16-10-7-11-17-28)34(31-21-14-15-27(2)22-31)33(24-30)39-41(36,37-3)26-29-18-12-8-13-19-29/h7-8,10-13,16-19,22-24,31H,5-6,9,14-15,20-21,25-26H2,1-4H3.